The third-order valence-electron chi connectivity index (χ3n) is 4.21. The van der Waals surface area contributed by atoms with Gasteiger partial charge in [0.25, 0.3) is 0 Å². The molecule has 9 heteroatoms. The van der Waals surface area contributed by atoms with Crippen molar-refractivity contribution in [3.63, 3.8) is 0 Å². The molecule has 2 aromatic carbocycles. The number of anilines is 1. The Morgan fingerprint density at radius 2 is 1.82 bits per heavy atom. The van der Waals surface area contributed by atoms with Crippen molar-refractivity contribution < 1.29 is 18.0 Å². The van der Waals surface area contributed by atoms with Crippen LogP contribution in [0.4, 0.5) is 5.69 Å². The van der Waals surface area contributed by atoms with Crippen molar-refractivity contribution in [1.29, 1.82) is 0 Å². The average molecular weight is 483 g/mol. The van der Waals surface area contributed by atoms with Gasteiger partial charge in [-0.05, 0) is 36.2 Å². The number of nitrogens with one attached hydrogen (secondary N) is 2. The zero-order chi connectivity index (χ0) is 20.1. The van der Waals surface area contributed by atoms with Crippen LogP contribution in [0.15, 0.2) is 57.9 Å². The minimum absolute atomic E-state index is 0.0111. The van der Waals surface area contributed by atoms with E-state index in [0.29, 0.717) is 17.7 Å². The van der Waals surface area contributed by atoms with Gasteiger partial charge in [0.2, 0.25) is 11.8 Å². The minimum Gasteiger partial charge on any atom is -0.349 e. The molecular weight excluding hydrogens is 464 g/mol. The number of thioether (sulfide) groups is 1. The van der Waals surface area contributed by atoms with E-state index >= 15 is 0 Å². The van der Waals surface area contributed by atoms with Gasteiger partial charge in [0.15, 0.2) is 9.84 Å². The number of sulfone groups is 1. The number of carbonyl (C=O) groups excluding carboxylic acids is 2. The summed E-state index contributed by atoms with van der Waals surface area (Å²) in [4.78, 5) is 24.5. The fraction of sp³-hybridized carbons (Fsp3) is 0.263. The molecule has 2 N–H and O–H groups in total. The Morgan fingerprint density at radius 3 is 2.61 bits per heavy atom. The number of hydrogen-bond donors (Lipinski definition) is 2. The zero-order valence-electron chi connectivity index (χ0n) is 14.9. The second-order valence-electron chi connectivity index (χ2n) is 6.32. The first-order chi connectivity index (χ1) is 13.3. The lowest BCUT2D eigenvalue weighted by Crippen LogP contribution is -2.35. The maximum atomic E-state index is 12.2. The van der Waals surface area contributed by atoms with E-state index in [-0.39, 0.29) is 40.0 Å². The molecule has 1 aliphatic rings. The maximum absolute atomic E-state index is 12.2. The summed E-state index contributed by atoms with van der Waals surface area (Å²) in [5.41, 5.74) is 1.31. The van der Waals surface area contributed by atoms with E-state index in [1.165, 1.54) is 11.8 Å². The molecule has 0 fully saturated rings. The van der Waals surface area contributed by atoms with E-state index in [1.807, 2.05) is 12.1 Å². The molecule has 148 valence electrons. The molecule has 1 heterocycles. The average Bonchev–Trinajstić information content (AvgIpc) is 2.64. The Hall–Kier alpha value is -1.84. The Bertz CT molecular complexity index is 995. The van der Waals surface area contributed by atoms with Gasteiger partial charge in [-0.3, -0.25) is 9.59 Å². The van der Waals surface area contributed by atoms with Gasteiger partial charge in [0.05, 0.1) is 28.2 Å². The normalized spacial score (nSPS) is 17.4. The van der Waals surface area contributed by atoms with E-state index in [9.17, 15) is 18.0 Å². The summed E-state index contributed by atoms with van der Waals surface area (Å²) in [6.45, 7) is 0. The van der Waals surface area contributed by atoms with Crippen molar-refractivity contribution in [3.8, 4) is 0 Å². The maximum Gasteiger partial charge on any atom is 0.234 e. The van der Waals surface area contributed by atoms with Crippen molar-refractivity contribution in [2.75, 3.05) is 22.6 Å². The Morgan fingerprint density at radius 1 is 1.07 bits per heavy atom. The van der Waals surface area contributed by atoms with E-state index in [4.69, 9.17) is 0 Å². The van der Waals surface area contributed by atoms with Crippen LogP contribution in [0.3, 0.4) is 0 Å². The molecule has 6 nitrogen and oxygen atoms in total. The van der Waals surface area contributed by atoms with Crippen molar-refractivity contribution in [2.24, 2.45) is 0 Å². The lowest BCUT2D eigenvalue weighted by atomic mass is 10.0. The lowest BCUT2D eigenvalue weighted by molar-refractivity contribution is -0.119. The van der Waals surface area contributed by atoms with Gasteiger partial charge >= 0.3 is 0 Å². The van der Waals surface area contributed by atoms with E-state index in [0.717, 1.165) is 4.47 Å². The molecule has 1 atom stereocenters. The van der Waals surface area contributed by atoms with E-state index in [2.05, 4.69) is 26.6 Å². The third-order valence-corrected chi connectivity index (χ3v) is 7.46. The zero-order valence-corrected chi connectivity index (χ0v) is 18.1. The molecule has 2 aromatic rings. The highest BCUT2D eigenvalue weighted by Gasteiger charge is 2.30. The molecule has 3 rings (SSSR count). The molecule has 1 unspecified atom stereocenters. The van der Waals surface area contributed by atoms with Crippen LogP contribution in [-0.2, 0) is 19.4 Å². The largest absolute Gasteiger partial charge is 0.349 e. The molecule has 0 saturated carbocycles. The van der Waals surface area contributed by atoms with Crippen molar-refractivity contribution in [3.05, 3.63) is 58.6 Å². The fourth-order valence-electron chi connectivity index (χ4n) is 2.98. The second kappa shape index (κ2) is 9.11. The SMILES string of the molecule is O=C(CSCC(=O)NC1CCS(=O)(=O)c2ccccc21)Nc1cccc(Br)c1. The van der Waals surface area contributed by atoms with E-state index < -0.39 is 9.84 Å². The molecule has 2 amide bonds. The molecule has 0 aromatic heterocycles. The summed E-state index contributed by atoms with van der Waals surface area (Å²) >= 11 is 4.55. The number of amides is 2. The minimum atomic E-state index is -3.28. The number of benzene rings is 2. The number of rotatable bonds is 6. The van der Waals surface area contributed by atoms with Crippen LogP contribution in [0.2, 0.25) is 0 Å². The van der Waals surface area contributed by atoms with Gasteiger partial charge < -0.3 is 10.6 Å². The summed E-state index contributed by atoms with van der Waals surface area (Å²) in [6, 6.07) is 13.7. The first-order valence-corrected chi connectivity index (χ1v) is 12.2. The standard InChI is InChI=1S/C19H19BrN2O4S2/c20-13-4-3-5-14(10-13)21-18(23)11-27-12-19(24)22-16-8-9-28(25,26)17-7-2-1-6-15(16)17/h1-7,10,16H,8-9,11-12H2,(H,21,23)(H,22,24). The number of fused-ring (bicyclic) bond motifs is 1. The molecule has 0 saturated heterocycles. The summed E-state index contributed by atoms with van der Waals surface area (Å²) in [5.74, 6) is -0.131. The first kappa shape index (κ1) is 20.9. The highest BCUT2D eigenvalue weighted by molar-refractivity contribution is 9.10. The monoisotopic (exact) mass is 482 g/mol. The topological polar surface area (TPSA) is 92.3 Å². The van der Waals surface area contributed by atoms with Gasteiger partial charge in [0, 0.05) is 10.2 Å². The third kappa shape index (κ3) is 5.36. The lowest BCUT2D eigenvalue weighted by Gasteiger charge is -2.26. The van der Waals surface area contributed by atoms with Crippen LogP contribution in [0.1, 0.15) is 18.0 Å². The number of carbonyl (C=O) groups is 2. The smallest absolute Gasteiger partial charge is 0.234 e. The Kier molecular flexibility index (Phi) is 6.79. The highest BCUT2D eigenvalue weighted by atomic mass is 79.9. The highest BCUT2D eigenvalue weighted by Crippen LogP contribution is 2.31. The van der Waals surface area contributed by atoms with Gasteiger partial charge in [-0.1, -0.05) is 40.2 Å². The van der Waals surface area contributed by atoms with Gasteiger partial charge in [0.1, 0.15) is 0 Å². The van der Waals surface area contributed by atoms with Crippen molar-refractivity contribution in [2.45, 2.75) is 17.4 Å². The van der Waals surface area contributed by atoms with Gasteiger partial charge in [-0.15, -0.1) is 11.8 Å². The Balaban J connectivity index is 1.49. The fourth-order valence-corrected chi connectivity index (χ4v) is 5.62. The summed E-state index contributed by atoms with van der Waals surface area (Å²) in [7, 11) is -3.28. The van der Waals surface area contributed by atoms with E-state index in [1.54, 1.807) is 36.4 Å². The summed E-state index contributed by atoms with van der Waals surface area (Å²) in [5, 5.41) is 5.65. The molecular formula is C19H19BrN2O4S2. The quantitative estimate of drug-likeness (QED) is 0.659. The molecule has 0 aliphatic carbocycles. The van der Waals surface area contributed by atoms with Crippen LogP contribution >= 0.6 is 27.7 Å². The number of halogens is 1. The van der Waals surface area contributed by atoms with Crippen LogP contribution in [0, 0.1) is 0 Å². The van der Waals surface area contributed by atoms with Crippen LogP contribution < -0.4 is 10.6 Å². The van der Waals surface area contributed by atoms with Gasteiger partial charge in [-0.25, -0.2) is 8.42 Å². The molecule has 0 radical (unpaired) electrons. The van der Waals surface area contributed by atoms with Crippen molar-refractivity contribution >= 4 is 55.0 Å². The van der Waals surface area contributed by atoms with Crippen LogP contribution in [0.5, 0.6) is 0 Å². The van der Waals surface area contributed by atoms with Gasteiger partial charge in [-0.2, -0.15) is 0 Å². The molecule has 1 aliphatic heterocycles. The predicted molar refractivity (Wildman–Crippen MR) is 114 cm³/mol. The Labute approximate surface area is 176 Å². The summed E-state index contributed by atoms with van der Waals surface area (Å²) in [6.07, 6.45) is 0.346. The van der Waals surface area contributed by atoms with Crippen LogP contribution in [0.25, 0.3) is 0 Å². The van der Waals surface area contributed by atoms with Crippen molar-refractivity contribution in [1.82, 2.24) is 5.32 Å². The second-order valence-corrected chi connectivity index (χ2v) is 10.3. The summed E-state index contributed by atoms with van der Waals surface area (Å²) < 4.78 is 25.2. The first-order valence-electron chi connectivity index (χ1n) is 8.59. The molecule has 28 heavy (non-hydrogen) atoms. The molecule has 0 bridgehead atoms. The number of hydrogen-bond acceptors (Lipinski definition) is 5. The molecule has 0 spiro atoms. The predicted octanol–water partition coefficient (Wildman–Crippen LogP) is 3.16. The van der Waals surface area contributed by atoms with Crippen LogP contribution in [-0.4, -0.2) is 37.5 Å².